The van der Waals surface area contributed by atoms with Crippen molar-refractivity contribution in [3.63, 3.8) is 0 Å². The molecule has 0 N–H and O–H groups in total. The van der Waals surface area contributed by atoms with Gasteiger partial charge in [0, 0.05) is 11.4 Å². The van der Waals surface area contributed by atoms with E-state index in [2.05, 4.69) is 27.5 Å². The van der Waals surface area contributed by atoms with Crippen LogP contribution in [0.15, 0.2) is 52.2 Å². The third-order valence-electron chi connectivity index (χ3n) is 4.51. The minimum Gasteiger partial charge on any atom is -0.494 e. The van der Waals surface area contributed by atoms with Crippen LogP contribution in [0.5, 0.6) is 5.75 Å². The molecule has 0 unspecified atom stereocenters. The summed E-state index contributed by atoms with van der Waals surface area (Å²) in [6.45, 7) is 0. The molecule has 3 aromatic rings. The molecule has 0 bridgehead atoms. The Labute approximate surface area is 149 Å². The van der Waals surface area contributed by atoms with Gasteiger partial charge >= 0.3 is 0 Å². The van der Waals surface area contributed by atoms with Crippen LogP contribution < -0.4 is 9.54 Å². The molecule has 24 heavy (non-hydrogen) atoms. The van der Waals surface area contributed by atoms with Crippen LogP contribution in [0.2, 0.25) is 0 Å². The fourth-order valence-electron chi connectivity index (χ4n) is 3.35. The standard InChI is InChI=1S/C19H20N2OS2/c1-22-17-10-5-4-9-15(17)20-19-21(14-7-2-3-8-14)16(13-24-19)18-11-6-12-23-18/h4-6,9-14H,2-3,7-8H2,1H3. The molecule has 0 atom stereocenters. The van der Waals surface area contributed by atoms with E-state index in [4.69, 9.17) is 9.73 Å². The predicted octanol–water partition coefficient (Wildman–Crippen LogP) is 5.63. The zero-order valence-corrected chi connectivity index (χ0v) is 15.3. The molecule has 124 valence electrons. The van der Waals surface area contributed by atoms with E-state index in [0.29, 0.717) is 6.04 Å². The number of benzene rings is 1. The van der Waals surface area contributed by atoms with Crippen LogP contribution in [0.3, 0.4) is 0 Å². The zero-order chi connectivity index (χ0) is 16.4. The van der Waals surface area contributed by atoms with Crippen LogP contribution in [-0.2, 0) is 0 Å². The minimum absolute atomic E-state index is 0.557. The average molecular weight is 357 g/mol. The number of aromatic nitrogens is 1. The maximum absolute atomic E-state index is 5.47. The van der Waals surface area contributed by atoms with Crippen molar-refractivity contribution in [3.8, 4) is 16.3 Å². The summed E-state index contributed by atoms with van der Waals surface area (Å²) in [5.74, 6) is 0.821. The highest BCUT2D eigenvalue weighted by Crippen LogP contribution is 2.35. The van der Waals surface area contributed by atoms with E-state index in [-0.39, 0.29) is 0 Å². The van der Waals surface area contributed by atoms with Crippen molar-refractivity contribution in [2.75, 3.05) is 7.11 Å². The highest BCUT2D eigenvalue weighted by molar-refractivity contribution is 7.14. The zero-order valence-electron chi connectivity index (χ0n) is 13.6. The van der Waals surface area contributed by atoms with Gasteiger partial charge < -0.3 is 9.30 Å². The summed E-state index contributed by atoms with van der Waals surface area (Å²) in [6.07, 6.45) is 5.11. The molecule has 0 aliphatic heterocycles. The molecule has 1 saturated carbocycles. The fourth-order valence-corrected chi connectivity index (χ4v) is 5.13. The van der Waals surface area contributed by atoms with Gasteiger partial charge in [0.05, 0.1) is 17.7 Å². The molecule has 3 nitrogen and oxygen atoms in total. The van der Waals surface area contributed by atoms with Crippen LogP contribution in [0.4, 0.5) is 5.69 Å². The SMILES string of the molecule is COc1ccccc1N=c1scc(-c2cccs2)n1C1CCCC1. The van der Waals surface area contributed by atoms with Gasteiger partial charge in [-0.3, -0.25) is 0 Å². The van der Waals surface area contributed by atoms with E-state index in [1.54, 1.807) is 29.8 Å². The molecule has 0 radical (unpaired) electrons. The average Bonchev–Trinajstić information content (AvgIpc) is 3.35. The Morgan fingerprint density at radius 1 is 1.08 bits per heavy atom. The molecule has 2 heterocycles. The topological polar surface area (TPSA) is 26.5 Å². The van der Waals surface area contributed by atoms with Gasteiger partial charge in [-0.1, -0.05) is 31.0 Å². The van der Waals surface area contributed by atoms with Crippen molar-refractivity contribution >= 4 is 28.4 Å². The van der Waals surface area contributed by atoms with Gasteiger partial charge in [-0.2, -0.15) is 0 Å². The van der Waals surface area contributed by atoms with Gasteiger partial charge in [0.2, 0.25) is 0 Å². The summed E-state index contributed by atoms with van der Waals surface area (Å²) in [7, 11) is 1.70. The van der Waals surface area contributed by atoms with E-state index < -0.39 is 0 Å². The first kappa shape index (κ1) is 15.7. The van der Waals surface area contributed by atoms with Crippen LogP contribution >= 0.6 is 22.7 Å². The highest BCUT2D eigenvalue weighted by Gasteiger charge is 2.22. The first-order valence-corrected chi connectivity index (χ1v) is 10.0. The Kier molecular flexibility index (Phi) is 4.54. The number of para-hydroxylation sites is 2. The number of nitrogens with zero attached hydrogens (tertiary/aromatic N) is 2. The number of hydrogen-bond donors (Lipinski definition) is 0. The molecule has 0 amide bonds. The Morgan fingerprint density at radius 2 is 1.92 bits per heavy atom. The lowest BCUT2D eigenvalue weighted by Gasteiger charge is -2.15. The largest absolute Gasteiger partial charge is 0.494 e. The van der Waals surface area contributed by atoms with Gasteiger partial charge in [-0.05, 0) is 36.4 Å². The summed E-state index contributed by atoms with van der Waals surface area (Å²) < 4.78 is 7.92. The van der Waals surface area contributed by atoms with Crippen molar-refractivity contribution in [2.24, 2.45) is 4.99 Å². The van der Waals surface area contributed by atoms with E-state index >= 15 is 0 Å². The second-order valence-corrected chi connectivity index (χ2v) is 7.76. The number of hydrogen-bond acceptors (Lipinski definition) is 4. The Bertz CT molecular complexity index is 871. The highest BCUT2D eigenvalue weighted by atomic mass is 32.1. The number of rotatable bonds is 4. The van der Waals surface area contributed by atoms with Crippen LogP contribution in [0, 0.1) is 0 Å². The summed E-state index contributed by atoms with van der Waals surface area (Å²) in [6, 6.07) is 12.8. The van der Waals surface area contributed by atoms with Crippen LogP contribution in [0.25, 0.3) is 10.6 Å². The van der Waals surface area contributed by atoms with E-state index in [1.165, 1.54) is 36.3 Å². The lowest BCUT2D eigenvalue weighted by Crippen LogP contribution is -2.19. The summed E-state index contributed by atoms with van der Waals surface area (Å²) in [5.41, 5.74) is 2.20. The molecule has 0 saturated heterocycles. The first-order valence-electron chi connectivity index (χ1n) is 8.28. The van der Waals surface area contributed by atoms with Crippen LogP contribution in [0.1, 0.15) is 31.7 Å². The van der Waals surface area contributed by atoms with Crippen molar-refractivity contribution in [1.82, 2.24) is 4.57 Å². The molecule has 4 rings (SSSR count). The lowest BCUT2D eigenvalue weighted by atomic mass is 10.2. The van der Waals surface area contributed by atoms with Gasteiger partial charge in [-0.15, -0.1) is 22.7 Å². The van der Waals surface area contributed by atoms with Gasteiger partial charge in [0.1, 0.15) is 11.4 Å². The molecule has 1 aromatic carbocycles. The molecule has 2 aromatic heterocycles. The summed E-state index contributed by atoms with van der Waals surface area (Å²) in [5, 5.41) is 4.39. The number of thiazole rings is 1. The van der Waals surface area contributed by atoms with Crippen molar-refractivity contribution < 1.29 is 4.74 Å². The lowest BCUT2D eigenvalue weighted by molar-refractivity contribution is 0.415. The molecule has 5 heteroatoms. The smallest absolute Gasteiger partial charge is 0.190 e. The Hall–Kier alpha value is -1.85. The van der Waals surface area contributed by atoms with E-state index in [0.717, 1.165) is 16.2 Å². The molecule has 0 spiro atoms. The number of methoxy groups -OCH3 is 1. The Morgan fingerprint density at radius 3 is 2.67 bits per heavy atom. The van der Waals surface area contributed by atoms with Gasteiger partial charge in [0.25, 0.3) is 0 Å². The summed E-state index contributed by atoms with van der Waals surface area (Å²) in [4.78, 5) is 7.33. The minimum atomic E-state index is 0.557. The second-order valence-electron chi connectivity index (χ2n) is 5.97. The summed E-state index contributed by atoms with van der Waals surface area (Å²) >= 11 is 3.52. The normalized spacial score (nSPS) is 16.0. The second kappa shape index (κ2) is 6.95. The van der Waals surface area contributed by atoms with Crippen LogP contribution in [-0.4, -0.2) is 11.7 Å². The maximum atomic E-state index is 5.47. The number of ether oxygens (including phenoxy) is 1. The van der Waals surface area contributed by atoms with Crippen molar-refractivity contribution in [3.05, 3.63) is 52.0 Å². The molecule has 1 aliphatic rings. The number of thiophene rings is 1. The quantitative estimate of drug-likeness (QED) is 0.594. The van der Waals surface area contributed by atoms with E-state index in [9.17, 15) is 0 Å². The first-order chi connectivity index (χ1) is 11.9. The van der Waals surface area contributed by atoms with Crippen molar-refractivity contribution in [2.45, 2.75) is 31.7 Å². The molecule has 1 fully saturated rings. The van der Waals surface area contributed by atoms with Gasteiger partial charge in [0.15, 0.2) is 4.80 Å². The molecule has 1 aliphatic carbocycles. The fraction of sp³-hybridized carbons (Fsp3) is 0.316. The molecular weight excluding hydrogens is 336 g/mol. The predicted molar refractivity (Wildman–Crippen MR) is 101 cm³/mol. The van der Waals surface area contributed by atoms with Crippen molar-refractivity contribution in [1.29, 1.82) is 0 Å². The third-order valence-corrected chi connectivity index (χ3v) is 6.24. The Balaban J connectivity index is 1.88. The monoisotopic (exact) mass is 356 g/mol. The van der Waals surface area contributed by atoms with Gasteiger partial charge in [-0.25, -0.2) is 4.99 Å². The maximum Gasteiger partial charge on any atom is 0.190 e. The van der Waals surface area contributed by atoms with E-state index in [1.807, 2.05) is 24.3 Å². The third kappa shape index (κ3) is 2.94. The molecular formula is C19H20N2OS2.